The second-order valence-corrected chi connectivity index (χ2v) is 6.45. The molecule has 1 N–H and O–H groups in total. The van der Waals surface area contributed by atoms with Crippen molar-refractivity contribution in [3.05, 3.63) is 70.5 Å². The van der Waals surface area contributed by atoms with Gasteiger partial charge in [-0.15, -0.1) is 0 Å². The van der Waals surface area contributed by atoms with Crippen molar-refractivity contribution in [1.29, 1.82) is 0 Å². The van der Waals surface area contributed by atoms with Gasteiger partial charge in [-0.2, -0.15) is 0 Å². The van der Waals surface area contributed by atoms with E-state index in [1.165, 1.54) is 18.2 Å². The molecule has 130 valence electrons. The molecule has 0 spiro atoms. The molecule has 1 aliphatic heterocycles. The summed E-state index contributed by atoms with van der Waals surface area (Å²) >= 11 is 6.04. The van der Waals surface area contributed by atoms with Gasteiger partial charge in [0, 0.05) is 10.6 Å². The van der Waals surface area contributed by atoms with Crippen molar-refractivity contribution in [2.75, 3.05) is 0 Å². The molecule has 1 atom stereocenters. The molecule has 0 saturated carbocycles. The molecule has 0 radical (unpaired) electrons. The minimum atomic E-state index is -1.12. The summed E-state index contributed by atoms with van der Waals surface area (Å²) in [6.07, 6.45) is 1.16. The first-order chi connectivity index (χ1) is 12.0. The number of carbonyl (C=O) groups is 2. The highest BCUT2D eigenvalue weighted by Gasteiger charge is 2.51. The smallest absolute Gasteiger partial charge is 0.319 e. The first kappa shape index (κ1) is 17.4. The zero-order chi connectivity index (χ0) is 18.0. The van der Waals surface area contributed by atoms with Crippen molar-refractivity contribution in [3.8, 4) is 0 Å². The van der Waals surface area contributed by atoms with Gasteiger partial charge in [-0.1, -0.05) is 61.3 Å². The van der Waals surface area contributed by atoms with E-state index >= 15 is 0 Å². The lowest BCUT2D eigenvalue weighted by Crippen LogP contribution is -2.43. The fourth-order valence-electron chi connectivity index (χ4n) is 3.22. The number of nitrogens with zero attached hydrogens (tertiary/aromatic N) is 1. The molecule has 1 saturated heterocycles. The topological polar surface area (TPSA) is 49.4 Å². The Bertz CT molecular complexity index is 792. The predicted molar refractivity (Wildman–Crippen MR) is 93.5 cm³/mol. The van der Waals surface area contributed by atoms with Gasteiger partial charge < -0.3 is 5.32 Å². The molecular weight excluding hydrogens is 343 g/mol. The Labute approximate surface area is 150 Å². The summed E-state index contributed by atoms with van der Waals surface area (Å²) in [5.41, 5.74) is -0.268. The van der Waals surface area contributed by atoms with Crippen molar-refractivity contribution in [1.82, 2.24) is 10.2 Å². The number of carbonyl (C=O) groups excluding carboxylic acids is 2. The van der Waals surface area contributed by atoms with Gasteiger partial charge in [0.2, 0.25) is 0 Å². The van der Waals surface area contributed by atoms with Gasteiger partial charge in [-0.05, 0) is 24.1 Å². The number of urea groups is 1. The number of benzene rings is 2. The second-order valence-electron chi connectivity index (χ2n) is 6.04. The van der Waals surface area contributed by atoms with Crippen LogP contribution in [0.2, 0.25) is 5.02 Å². The Morgan fingerprint density at radius 3 is 2.48 bits per heavy atom. The quantitative estimate of drug-likeness (QED) is 0.811. The van der Waals surface area contributed by atoms with E-state index in [9.17, 15) is 14.0 Å². The highest BCUT2D eigenvalue weighted by molar-refractivity contribution is 6.31. The molecule has 3 amide bonds. The molecule has 0 unspecified atom stereocenters. The Morgan fingerprint density at radius 1 is 1.12 bits per heavy atom. The van der Waals surface area contributed by atoms with Crippen LogP contribution in [0.1, 0.15) is 30.9 Å². The summed E-state index contributed by atoms with van der Waals surface area (Å²) in [6.45, 7) is 1.75. The summed E-state index contributed by atoms with van der Waals surface area (Å²) in [6, 6.07) is 12.9. The van der Waals surface area contributed by atoms with Crippen molar-refractivity contribution < 1.29 is 14.0 Å². The van der Waals surface area contributed by atoms with Crippen LogP contribution in [0.5, 0.6) is 0 Å². The number of hydrogen-bond donors (Lipinski definition) is 1. The summed E-state index contributed by atoms with van der Waals surface area (Å²) in [5, 5.41) is 3.00. The van der Waals surface area contributed by atoms with Gasteiger partial charge in [0.25, 0.3) is 5.91 Å². The molecule has 0 aromatic heterocycles. The summed E-state index contributed by atoms with van der Waals surface area (Å²) in [4.78, 5) is 26.7. The van der Waals surface area contributed by atoms with Crippen molar-refractivity contribution in [2.24, 2.45) is 0 Å². The van der Waals surface area contributed by atoms with E-state index in [0.717, 1.165) is 10.5 Å². The fraction of sp³-hybridized carbons (Fsp3) is 0.263. The highest BCUT2D eigenvalue weighted by atomic mass is 35.5. The molecule has 4 nitrogen and oxygen atoms in total. The SMILES string of the molecule is CCC[C@@]1(c2ccccc2)NC(=O)N(Cc2c(F)cccc2Cl)C1=O. The van der Waals surface area contributed by atoms with Gasteiger partial charge in [0.1, 0.15) is 11.4 Å². The van der Waals surface area contributed by atoms with Crippen LogP contribution in [-0.2, 0) is 16.9 Å². The average Bonchev–Trinajstić information content (AvgIpc) is 2.84. The van der Waals surface area contributed by atoms with E-state index in [4.69, 9.17) is 11.6 Å². The van der Waals surface area contributed by atoms with Gasteiger partial charge in [0.05, 0.1) is 6.54 Å². The van der Waals surface area contributed by atoms with Crippen LogP contribution in [0, 0.1) is 5.82 Å². The van der Waals surface area contributed by atoms with Gasteiger partial charge in [-0.25, -0.2) is 9.18 Å². The second kappa shape index (κ2) is 6.84. The van der Waals surface area contributed by atoms with E-state index in [2.05, 4.69) is 5.32 Å². The normalized spacial score (nSPS) is 20.0. The molecule has 0 bridgehead atoms. The Balaban J connectivity index is 1.98. The minimum absolute atomic E-state index is 0.132. The molecule has 1 fully saturated rings. The first-order valence-corrected chi connectivity index (χ1v) is 8.50. The average molecular weight is 361 g/mol. The lowest BCUT2D eigenvalue weighted by atomic mass is 9.85. The minimum Gasteiger partial charge on any atom is -0.319 e. The van der Waals surface area contributed by atoms with Crippen LogP contribution in [0.4, 0.5) is 9.18 Å². The zero-order valence-electron chi connectivity index (χ0n) is 13.8. The Hall–Kier alpha value is -2.40. The Kier molecular flexibility index (Phi) is 4.77. The van der Waals surface area contributed by atoms with Gasteiger partial charge in [-0.3, -0.25) is 9.69 Å². The summed E-state index contributed by atoms with van der Waals surface area (Å²) < 4.78 is 14.1. The van der Waals surface area contributed by atoms with Gasteiger partial charge >= 0.3 is 6.03 Å². The van der Waals surface area contributed by atoms with Crippen LogP contribution in [-0.4, -0.2) is 16.8 Å². The van der Waals surface area contributed by atoms with Crippen LogP contribution in [0.25, 0.3) is 0 Å². The Morgan fingerprint density at radius 2 is 1.84 bits per heavy atom. The number of amides is 3. The number of hydrogen-bond acceptors (Lipinski definition) is 2. The maximum atomic E-state index is 14.1. The van der Waals surface area contributed by atoms with Crippen LogP contribution in [0.3, 0.4) is 0 Å². The highest BCUT2D eigenvalue weighted by Crippen LogP contribution is 2.35. The molecule has 2 aromatic rings. The fourth-order valence-corrected chi connectivity index (χ4v) is 3.44. The summed E-state index contributed by atoms with van der Waals surface area (Å²) in [5.74, 6) is -0.925. The zero-order valence-corrected chi connectivity index (χ0v) is 14.5. The summed E-state index contributed by atoms with van der Waals surface area (Å²) in [7, 11) is 0. The molecule has 1 heterocycles. The van der Waals surface area contributed by atoms with Crippen molar-refractivity contribution in [2.45, 2.75) is 31.8 Å². The van der Waals surface area contributed by atoms with E-state index in [1.54, 1.807) is 0 Å². The number of rotatable bonds is 5. The van der Waals surface area contributed by atoms with Crippen molar-refractivity contribution in [3.63, 3.8) is 0 Å². The van der Waals surface area contributed by atoms with Crippen LogP contribution in [0.15, 0.2) is 48.5 Å². The van der Waals surface area contributed by atoms with Crippen LogP contribution < -0.4 is 5.32 Å². The maximum Gasteiger partial charge on any atom is 0.325 e. The standard InChI is InChI=1S/C19H18ClFN2O2/c1-2-11-19(13-7-4-3-5-8-13)17(24)23(18(25)22-19)12-14-15(20)9-6-10-16(14)21/h3-10H,2,11-12H2,1H3,(H,22,25)/t19-/m0/s1. The third-order valence-corrected chi connectivity index (χ3v) is 4.80. The monoisotopic (exact) mass is 360 g/mol. The number of nitrogens with one attached hydrogen (secondary N) is 1. The van der Waals surface area contributed by atoms with Crippen molar-refractivity contribution >= 4 is 23.5 Å². The molecule has 25 heavy (non-hydrogen) atoms. The van der Waals surface area contributed by atoms with E-state index < -0.39 is 17.4 Å². The molecule has 2 aromatic carbocycles. The van der Waals surface area contributed by atoms with E-state index in [0.29, 0.717) is 12.8 Å². The van der Waals surface area contributed by atoms with Gasteiger partial charge in [0.15, 0.2) is 0 Å². The molecule has 1 aliphatic rings. The third kappa shape index (κ3) is 3.00. The van der Waals surface area contributed by atoms with E-state index in [1.807, 2.05) is 37.3 Å². The number of halogens is 2. The molecule has 6 heteroatoms. The third-order valence-electron chi connectivity index (χ3n) is 4.45. The molecular formula is C19H18ClFN2O2. The van der Waals surface area contributed by atoms with E-state index in [-0.39, 0.29) is 23.0 Å². The lowest BCUT2D eigenvalue weighted by Gasteiger charge is -2.27. The molecule has 0 aliphatic carbocycles. The number of imide groups is 1. The lowest BCUT2D eigenvalue weighted by molar-refractivity contribution is -0.132. The maximum absolute atomic E-state index is 14.1. The largest absolute Gasteiger partial charge is 0.325 e. The molecule has 3 rings (SSSR count). The van der Waals surface area contributed by atoms with Crippen LogP contribution >= 0.6 is 11.6 Å². The first-order valence-electron chi connectivity index (χ1n) is 8.12. The predicted octanol–water partition coefficient (Wildman–Crippen LogP) is 4.23.